The first-order chi connectivity index (χ1) is 9.97. The fourth-order valence-electron chi connectivity index (χ4n) is 3.08. The molecule has 0 aliphatic carbocycles. The number of nitrogens with one attached hydrogen (secondary N) is 1. The van der Waals surface area contributed by atoms with Gasteiger partial charge in [0.05, 0.1) is 5.69 Å². The van der Waals surface area contributed by atoms with Gasteiger partial charge in [0.2, 0.25) is 0 Å². The highest BCUT2D eigenvalue weighted by molar-refractivity contribution is 7.15. The smallest absolute Gasteiger partial charge is 0.186 e. The zero-order valence-electron chi connectivity index (χ0n) is 14.3. The standard InChI is InChI=1S/C17H31N3S/c1-6-13-10-8-9-11-20(13)16-19-15(17(3,4)5)14(21-16)12-18-7-2/h13,18H,6-12H2,1-5H3. The summed E-state index contributed by atoms with van der Waals surface area (Å²) >= 11 is 1.90. The van der Waals surface area contributed by atoms with Crippen molar-refractivity contribution < 1.29 is 0 Å². The Morgan fingerprint density at radius 2 is 2.05 bits per heavy atom. The first kappa shape index (κ1) is 16.8. The molecule has 1 aliphatic heterocycles. The molecule has 1 aromatic heterocycles. The maximum Gasteiger partial charge on any atom is 0.186 e. The van der Waals surface area contributed by atoms with Gasteiger partial charge in [0.1, 0.15) is 0 Å². The maximum atomic E-state index is 5.06. The van der Waals surface area contributed by atoms with Crippen molar-refractivity contribution in [1.82, 2.24) is 10.3 Å². The SMILES string of the molecule is CCNCc1sc(N2CCCCC2CC)nc1C(C)(C)C. The number of piperidine rings is 1. The summed E-state index contributed by atoms with van der Waals surface area (Å²) < 4.78 is 0. The van der Waals surface area contributed by atoms with E-state index in [9.17, 15) is 0 Å². The lowest BCUT2D eigenvalue weighted by Gasteiger charge is -2.35. The van der Waals surface area contributed by atoms with Gasteiger partial charge in [-0.1, -0.05) is 34.6 Å². The second-order valence-corrected chi connectivity index (χ2v) is 8.11. The molecule has 0 saturated carbocycles. The molecule has 4 heteroatoms. The number of thiazole rings is 1. The summed E-state index contributed by atoms with van der Waals surface area (Å²) in [5, 5.41) is 4.72. The van der Waals surface area contributed by atoms with Gasteiger partial charge >= 0.3 is 0 Å². The van der Waals surface area contributed by atoms with Gasteiger partial charge in [0, 0.05) is 29.4 Å². The Morgan fingerprint density at radius 3 is 2.67 bits per heavy atom. The van der Waals surface area contributed by atoms with E-state index in [1.807, 2.05) is 11.3 Å². The maximum absolute atomic E-state index is 5.06. The first-order valence-corrected chi connectivity index (χ1v) is 9.26. The number of aromatic nitrogens is 1. The Bertz CT molecular complexity index is 447. The molecule has 2 heterocycles. The Morgan fingerprint density at radius 1 is 1.29 bits per heavy atom. The molecule has 0 radical (unpaired) electrons. The number of rotatable bonds is 5. The van der Waals surface area contributed by atoms with Crippen LogP contribution >= 0.6 is 11.3 Å². The molecule has 0 bridgehead atoms. The average Bonchev–Trinajstić information content (AvgIpc) is 2.89. The second-order valence-electron chi connectivity index (χ2n) is 7.05. The number of nitrogens with zero attached hydrogens (tertiary/aromatic N) is 2. The second kappa shape index (κ2) is 7.10. The van der Waals surface area contributed by atoms with Crippen LogP contribution in [0.15, 0.2) is 0 Å². The molecule has 1 aliphatic rings. The highest BCUT2D eigenvalue weighted by atomic mass is 32.1. The molecule has 0 spiro atoms. The minimum Gasteiger partial charge on any atom is -0.345 e. The number of hydrogen-bond acceptors (Lipinski definition) is 4. The quantitative estimate of drug-likeness (QED) is 0.878. The average molecular weight is 310 g/mol. The lowest BCUT2D eigenvalue weighted by atomic mass is 9.91. The van der Waals surface area contributed by atoms with Gasteiger partial charge < -0.3 is 10.2 Å². The minimum atomic E-state index is 0.122. The zero-order valence-corrected chi connectivity index (χ0v) is 15.1. The van der Waals surface area contributed by atoms with Crippen molar-refractivity contribution in [3.8, 4) is 0 Å². The van der Waals surface area contributed by atoms with Crippen LogP contribution in [-0.4, -0.2) is 24.1 Å². The Balaban J connectivity index is 2.29. The lowest BCUT2D eigenvalue weighted by Crippen LogP contribution is -2.39. The molecule has 21 heavy (non-hydrogen) atoms. The normalized spacial score (nSPS) is 20.0. The van der Waals surface area contributed by atoms with Crippen LogP contribution in [0.3, 0.4) is 0 Å². The van der Waals surface area contributed by atoms with Crippen molar-refractivity contribution in [2.45, 2.75) is 78.3 Å². The van der Waals surface area contributed by atoms with E-state index in [0.29, 0.717) is 6.04 Å². The zero-order chi connectivity index (χ0) is 15.5. The third-order valence-corrected chi connectivity index (χ3v) is 5.37. The van der Waals surface area contributed by atoms with Crippen molar-refractivity contribution in [1.29, 1.82) is 0 Å². The Hall–Kier alpha value is -0.610. The van der Waals surface area contributed by atoms with Gasteiger partial charge in [0.25, 0.3) is 0 Å². The third-order valence-electron chi connectivity index (χ3n) is 4.28. The van der Waals surface area contributed by atoms with Crippen LogP contribution in [-0.2, 0) is 12.0 Å². The minimum absolute atomic E-state index is 0.122. The molecule has 1 fully saturated rings. The largest absolute Gasteiger partial charge is 0.345 e. The lowest BCUT2D eigenvalue weighted by molar-refractivity contribution is 0.448. The van der Waals surface area contributed by atoms with E-state index in [1.165, 1.54) is 47.9 Å². The molecule has 0 amide bonds. The van der Waals surface area contributed by atoms with E-state index in [1.54, 1.807) is 0 Å². The highest BCUT2D eigenvalue weighted by Crippen LogP contribution is 2.36. The molecule has 1 aromatic rings. The van der Waals surface area contributed by atoms with Gasteiger partial charge in [-0.15, -0.1) is 11.3 Å². The van der Waals surface area contributed by atoms with Gasteiger partial charge in [-0.3, -0.25) is 0 Å². The van der Waals surface area contributed by atoms with Crippen LogP contribution in [0.5, 0.6) is 0 Å². The fourth-order valence-corrected chi connectivity index (χ4v) is 4.42. The van der Waals surface area contributed by atoms with Gasteiger partial charge in [-0.05, 0) is 32.2 Å². The molecule has 1 unspecified atom stereocenters. The van der Waals surface area contributed by atoms with Gasteiger partial charge in [-0.2, -0.15) is 0 Å². The summed E-state index contributed by atoms with van der Waals surface area (Å²) in [5.41, 5.74) is 1.40. The van der Waals surface area contributed by atoms with Crippen molar-refractivity contribution in [2.24, 2.45) is 0 Å². The number of anilines is 1. The van der Waals surface area contributed by atoms with E-state index >= 15 is 0 Å². The molecular formula is C17H31N3S. The third kappa shape index (κ3) is 3.98. The molecule has 120 valence electrons. The summed E-state index contributed by atoms with van der Waals surface area (Å²) in [6.45, 7) is 14.4. The molecule has 1 saturated heterocycles. The summed E-state index contributed by atoms with van der Waals surface area (Å²) in [6, 6.07) is 0.685. The Labute approximate surface area is 134 Å². The monoisotopic (exact) mass is 309 g/mol. The van der Waals surface area contributed by atoms with Crippen LogP contribution < -0.4 is 10.2 Å². The molecular weight excluding hydrogens is 278 g/mol. The summed E-state index contributed by atoms with van der Waals surface area (Å²) in [5.74, 6) is 0. The van der Waals surface area contributed by atoms with E-state index in [4.69, 9.17) is 4.98 Å². The van der Waals surface area contributed by atoms with Crippen LogP contribution in [0.4, 0.5) is 5.13 Å². The van der Waals surface area contributed by atoms with Crippen molar-refractivity contribution in [2.75, 3.05) is 18.0 Å². The van der Waals surface area contributed by atoms with Gasteiger partial charge in [-0.25, -0.2) is 4.98 Å². The fraction of sp³-hybridized carbons (Fsp3) is 0.824. The first-order valence-electron chi connectivity index (χ1n) is 8.44. The highest BCUT2D eigenvalue weighted by Gasteiger charge is 2.28. The van der Waals surface area contributed by atoms with Crippen molar-refractivity contribution >= 4 is 16.5 Å². The summed E-state index contributed by atoms with van der Waals surface area (Å²) in [6.07, 6.45) is 5.23. The van der Waals surface area contributed by atoms with E-state index in [0.717, 1.165) is 13.1 Å². The molecule has 3 nitrogen and oxygen atoms in total. The summed E-state index contributed by atoms with van der Waals surface area (Å²) in [4.78, 5) is 9.05. The van der Waals surface area contributed by atoms with Crippen molar-refractivity contribution in [3.05, 3.63) is 10.6 Å². The Kier molecular flexibility index (Phi) is 5.67. The van der Waals surface area contributed by atoms with Gasteiger partial charge in [0.15, 0.2) is 5.13 Å². The van der Waals surface area contributed by atoms with E-state index < -0.39 is 0 Å². The van der Waals surface area contributed by atoms with E-state index in [-0.39, 0.29) is 5.41 Å². The van der Waals surface area contributed by atoms with Crippen LogP contribution in [0.25, 0.3) is 0 Å². The topological polar surface area (TPSA) is 28.2 Å². The van der Waals surface area contributed by atoms with Crippen LogP contribution in [0.2, 0.25) is 0 Å². The number of hydrogen-bond donors (Lipinski definition) is 1. The predicted molar refractivity (Wildman–Crippen MR) is 93.5 cm³/mol. The van der Waals surface area contributed by atoms with Crippen LogP contribution in [0.1, 0.15) is 70.9 Å². The predicted octanol–water partition coefficient (Wildman–Crippen LogP) is 4.32. The van der Waals surface area contributed by atoms with E-state index in [2.05, 4.69) is 44.8 Å². The molecule has 1 N–H and O–H groups in total. The summed E-state index contributed by atoms with van der Waals surface area (Å²) in [7, 11) is 0. The molecule has 0 aromatic carbocycles. The molecule has 1 atom stereocenters. The van der Waals surface area contributed by atoms with Crippen LogP contribution in [0, 0.1) is 0 Å². The molecule has 2 rings (SSSR count). The van der Waals surface area contributed by atoms with Crippen molar-refractivity contribution in [3.63, 3.8) is 0 Å².